The lowest BCUT2D eigenvalue weighted by Crippen LogP contribution is -2.30. The lowest BCUT2D eigenvalue weighted by atomic mass is 10.1. The standard InChI is InChI=1S/C13H16N2O2/c16-9-12-6-10(7-14-12)8-15-13(17)11-4-2-1-3-5-11/h1-5,9-10,12,14H,6-8H2,(H,15,17)/t10-,12-/m0/s1. The Morgan fingerprint density at radius 1 is 1.41 bits per heavy atom. The molecule has 1 heterocycles. The van der Waals surface area contributed by atoms with Crippen molar-refractivity contribution in [2.24, 2.45) is 5.92 Å². The summed E-state index contributed by atoms with van der Waals surface area (Å²) in [6, 6.07) is 9.09. The van der Waals surface area contributed by atoms with Crippen LogP contribution in [-0.4, -0.2) is 31.3 Å². The number of aldehydes is 1. The van der Waals surface area contributed by atoms with Gasteiger partial charge in [0.25, 0.3) is 5.91 Å². The summed E-state index contributed by atoms with van der Waals surface area (Å²) >= 11 is 0. The van der Waals surface area contributed by atoms with Crippen LogP contribution in [0, 0.1) is 5.92 Å². The highest BCUT2D eigenvalue weighted by molar-refractivity contribution is 5.94. The summed E-state index contributed by atoms with van der Waals surface area (Å²) in [6.07, 6.45) is 1.73. The highest BCUT2D eigenvalue weighted by Crippen LogP contribution is 2.11. The fraction of sp³-hybridized carbons (Fsp3) is 0.385. The van der Waals surface area contributed by atoms with Gasteiger partial charge in [-0.3, -0.25) is 4.79 Å². The van der Waals surface area contributed by atoms with Gasteiger partial charge in [-0.1, -0.05) is 18.2 Å². The van der Waals surface area contributed by atoms with Crippen molar-refractivity contribution in [3.8, 4) is 0 Å². The minimum Gasteiger partial charge on any atom is -0.352 e. The second kappa shape index (κ2) is 5.59. The maximum absolute atomic E-state index is 11.8. The SMILES string of the molecule is O=C[C@@H]1C[C@H](CNC(=O)c2ccccc2)CN1. The van der Waals surface area contributed by atoms with Gasteiger partial charge < -0.3 is 15.4 Å². The molecule has 1 fully saturated rings. The summed E-state index contributed by atoms with van der Waals surface area (Å²) in [6.45, 7) is 1.41. The molecule has 0 saturated carbocycles. The van der Waals surface area contributed by atoms with E-state index in [1.807, 2.05) is 18.2 Å². The van der Waals surface area contributed by atoms with E-state index in [-0.39, 0.29) is 11.9 Å². The van der Waals surface area contributed by atoms with Crippen LogP contribution in [0.2, 0.25) is 0 Å². The Morgan fingerprint density at radius 3 is 2.82 bits per heavy atom. The van der Waals surface area contributed by atoms with Crippen molar-refractivity contribution in [2.75, 3.05) is 13.1 Å². The van der Waals surface area contributed by atoms with Crippen molar-refractivity contribution in [2.45, 2.75) is 12.5 Å². The Balaban J connectivity index is 1.79. The average molecular weight is 232 g/mol. The Labute approximate surface area is 100 Å². The van der Waals surface area contributed by atoms with Crippen molar-refractivity contribution >= 4 is 12.2 Å². The van der Waals surface area contributed by atoms with Crippen LogP contribution in [0.4, 0.5) is 0 Å². The normalized spacial score (nSPS) is 23.3. The van der Waals surface area contributed by atoms with Crippen LogP contribution in [0.5, 0.6) is 0 Å². The van der Waals surface area contributed by atoms with Gasteiger partial charge in [-0.25, -0.2) is 0 Å². The van der Waals surface area contributed by atoms with E-state index < -0.39 is 0 Å². The van der Waals surface area contributed by atoms with Crippen LogP contribution in [0.3, 0.4) is 0 Å². The Bertz CT molecular complexity index is 392. The quantitative estimate of drug-likeness (QED) is 0.747. The van der Waals surface area contributed by atoms with Gasteiger partial charge in [-0.05, 0) is 24.5 Å². The van der Waals surface area contributed by atoms with Crippen molar-refractivity contribution in [3.05, 3.63) is 35.9 Å². The van der Waals surface area contributed by atoms with E-state index in [2.05, 4.69) is 10.6 Å². The van der Waals surface area contributed by atoms with Gasteiger partial charge in [-0.15, -0.1) is 0 Å². The van der Waals surface area contributed by atoms with E-state index in [4.69, 9.17) is 0 Å². The molecule has 1 aliphatic heterocycles. The molecule has 17 heavy (non-hydrogen) atoms. The van der Waals surface area contributed by atoms with Gasteiger partial charge in [-0.2, -0.15) is 0 Å². The molecular formula is C13H16N2O2. The summed E-state index contributed by atoms with van der Waals surface area (Å²) in [7, 11) is 0. The Kier molecular flexibility index (Phi) is 3.88. The fourth-order valence-electron chi connectivity index (χ4n) is 2.03. The smallest absolute Gasteiger partial charge is 0.251 e. The molecule has 1 amide bonds. The lowest BCUT2D eigenvalue weighted by molar-refractivity contribution is -0.109. The Hall–Kier alpha value is -1.68. The lowest BCUT2D eigenvalue weighted by Gasteiger charge is -2.10. The van der Waals surface area contributed by atoms with Gasteiger partial charge in [0.2, 0.25) is 0 Å². The van der Waals surface area contributed by atoms with E-state index in [0.29, 0.717) is 18.0 Å². The van der Waals surface area contributed by atoms with E-state index >= 15 is 0 Å². The molecule has 0 unspecified atom stereocenters. The monoisotopic (exact) mass is 232 g/mol. The highest BCUT2D eigenvalue weighted by Gasteiger charge is 2.23. The first-order valence-electron chi connectivity index (χ1n) is 5.81. The van der Waals surface area contributed by atoms with Crippen LogP contribution in [0.15, 0.2) is 30.3 Å². The zero-order valence-electron chi connectivity index (χ0n) is 9.56. The van der Waals surface area contributed by atoms with Crippen molar-refractivity contribution < 1.29 is 9.59 Å². The van der Waals surface area contributed by atoms with Gasteiger partial charge >= 0.3 is 0 Å². The molecule has 0 aliphatic carbocycles. The number of carbonyl (C=O) groups is 2. The number of benzene rings is 1. The molecule has 1 aliphatic rings. The molecule has 0 radical (unpaired) electrons. The van der Waals surface area contributed by atoms with Gasteiger partial charge in [0.05, 0.1) is 6.04 Å². The van der Waals surface area contributed by atoms with E-state index in [1.54, 1.807) is 12.1 Å². The third-order valence-electron chi connectivity index (χ3n) is 3.01. The number of carbonyl (C=O) groups excluding carboxylic acids is 2. The molecule has 0 aromatic heterocycles. The van der Waals surface area contributed by atoms with Crippen molar-refractivity contribution in [1.29, 1.82) is 0 Å². The van der Waals surface area contributed by atoms with Crippen LogP contribution in [0.25, 0.3) is 0 Å². The number of hydrogen-bond donors (Lipinski definition) is 2. The maximum atomic E-state index is 11.8. The van der Waals surface area contributed by atoms with E-state index in [9.17, 15) is 9.59 Å². The van der Waals surface area contributed by atoms with Crippen LogP contribution < -0.4 is 10.6 Å². The van der Waals surface area contributed by atoms with Gasteiger partial charge in [0.1, 0.15) is 6.29 Å². The Morgan fingerprint density at radius 2 is 2.18 bits per heavy atom. The molecule has 90 valence electrons. The maximum Gasteiger partial charge on any atom is 0.251 e. The van der Waals surface area contributed by atoms with Gasteiger partial charge in [0, 0.05) is 18.7 Å². The van der Waals surface area contributed by atoms with Crippen LogP contribution in [0.1, 0.15) is 16.8 Å². The molecule has 0 bridgehead atoms. The predicted octanol–water partition coefficient (Wildman–Crippen LogP) is 0.593. The molecule has 1 aromatic carbocycles. The second-order valence-corrected chi connectivity index (χ2v) is 4.33. The minimum atomic E-state index is -0.0554. The molecule has 2 rings (SSSR count). The number of amides is 1. The van der Waals surface area contributed by atoms with E-state index in [1.165, 1.54) is 0 Å². The third kappa shape index (κ3) is 3.14. The largest absolute Gasteiger partial charge is 0.352 e. The zero-order valence-corrected chi connectivity index (χ0v) is 9.56. The summed E-state index contributed by atoms with van der Waals surface area (Å²) in [5.74, 6) is 0.290. The molecular weight excluding hydrogens is 216 g/mol. The van der Waals surface area contributed by atoms with Crippen molar-refractivity contribution in [3.63, 3.8) is 0 Å². The van der Waals surface area contributed by atoms with Gasteiger partial charge in [0.15, 0.2) is 0 Å². The predicted molar refractivity (Wildman–Crippen MR) is 64.7 cm³/mol. The summed E-state index contributed by atoms with van der Waals surface area (Å²) in [5.41, 5.74) is 0.672. The molecule has 2 N–H and O–H groups in total. The molecule has 2 atom stereocenters. The summed E-state index contributed by atoms with van der Waals surface area (Å²) in [5, 5.41) is 5.99. The average Bonchev–Trinajstić information content (AvgIpc) is 2.85. The third-order valence-corrected chi connectivity index (χ3v) is 3.01. The fourth-order valence-corrected chi connectivity index (χ4v) is 2.03. The first kappa shape index (κ1) is 11.8. The van der Waals surface area contributed by atoms with E-state index in [0.717, 1.165) is 19.3 Å². The summed E-state index contributed by atoms with van der Waals surface area (Å²) < 4.78 is 0. The molecule has 4 heteroatoms. The summed E-state index contributed by atoms with van der Waals surface area (Å²) in [4.78, 5) is 22.3. The topological polar surface area (TPSA) is 58.2 Å². The number of nitrogens with one attached hydrogen (secondary N) is 2. The zero-order chi connectivity index (χ0) is 12.1. The first-order chi connectivity index (χ1) is 8.29. The molecule has 4 nitrogen and oxygen atoms in total. The highest BCUT2D eigenvalue weighted by atomic mass is 16.1. The number of rotatable bonds is 4. The van der Waals surface area contributed by atoms with Crippen LogP contribution in [-0.2, 0) is 4.79 Å². The first-order valence-corrected chi connectivity index (χ1v) is 5.81. The second-order valence-electron chi connectivity index (χ2n) is 4.33. The molecule has 0 spiro atoms. The molecule has 1 saturated heterocycles. The van der Waals surface area contributed by atoms with Crippen molar-refractivity contribution in [1.82, 2.24) is 10.6 Å². The van der Waals surface area contributed by atoms with Crippen LogP contribution >= 0.6 is 0 Å². The molecule has 1 aromatic rings. The number of hydrogen-bond acceptors (Lipinski definition) is 3. The minimum absolute atomic E-state index is 0.0476.